The Hall–Kier alpha value is -0.510. The fourth-order valence-electron chi connectivity index (χ4n) is 3.08. The van der Waals surface area contributed by atoms with E-state index in [0.717, 1.165) is 13.1 Å². The molecule has 0 aromatic heterocycles. The summed E-state index contributed by atoms with van der Waals surface area (Å²) in [5.74, 6) is 2.52. The van der Waals surface area contributed by atoms with Crippen molar-refractivity contribution in [2.24, 2.45) is 0 Å². The molecule has 0 bridgehead atoms. The first-order valence-electron chi connectivity index (χ1n) is 8.30. The van der Waals surface area contributed by atoms with E-state index in [-0.39, 0.29) is 0 Å². The number of benzene rings is 1. The number of hydrogen-bond acceptors (Lipinski definition) is 3. The first-order valence-corrected chi connectivity index (χ1v) is 9.46. The van der Waals surface area contributed by atoms with Crippen LogP contribution in [0.1, 0.15) is 45.2 Å². The molecule has 1 aromatic rings. The van der Waals surface area contributed by atoms with Gasteiger partial charge in [-0.2, -0.15) is 11.8 Å². The molecule has 2 rings (SSSR count). The third-order valence-electron chi connectivity index (χ3n) is 4.78. The van der Waals surface area contributed by atoms with E-state index in [4.69, 9.17) is 0 Å². The van der Waals surface area contributed by atoms with E-state index in [1.165, 1.54) is 36.5 Å². The second-order valence-electron chi connectivity index (χ2n) is 6.19. The normalized spacial score (nSPS) is 26.9. The van der Waals surface area contributed by atoms with Gasteiger partial charge in [-0.25, -0.2) is 0 Å². The van der Waals surface area contributed by atoms with E-state index in [1.807, 2.05) is 0 Å². The van der Waals surface area contributed by atoms with Gasteiger partial charge in [0.2, 0.25) is 0 Å². The Bertz CT molecular complexity index is 409. The van der Waals surface area contributed by atoms with Crippen LogP contribution in [0.25, 0.3) is 0 Å². The molecule has 0 radical (unpaired) electrons. The van der Waals surface area contributed by atoms with Crippen LogP contribution in [0.2, 0.25) is 0 Å². The number of nitrogens with zero attached hydrogens (tertiary/aromatic N) is 1. The van der Waals surface area contributed by atoms with Crippen LogP contribution in [-0.4, -0.2) is 41.6 Å². The van der Waals surface area contributed by atoms with Crippen molar-refractivity contribution in [3.05, 3.63) is 35.9 Å². The average molecular weight is 307 g/mol. The Balaban J connectivity index is 1.98. The summed E-state index contributed by atoms with van der Waals surface area (Å²) in [6.45, 7) is 10.4. The van der Waals surface area contributed by atoms with Gasteiger partial charge in [0.05, 0.1) is 0 Å². The minimum atomic E-state index is 0.308. The molecule has 3 heteroatoms. The smallest absolute Gasteiger partial charge is 0.0450 e. The molecule has 1 aliphatic rings. The topological polar surface area (TPSA) is 15.3 Å². The molecule has 0 aliphatic carbocycles. The van der Waals surface area contributed by atoms with E-state index >= 15 is 0 Å². The van der Waals surface area contributed by atoms with Crippen LogP contribution in [-0.2, 0) is 0 Å². The zero-order valence-electron chi connectivity index (χ0n) is 13.8. The highest BCUT2D eigenvalue weighted by molar-refractivity contribution is 7.99. The van der Waals surface area contributed by atoms with Gasteiger partial charge in [-0.3, -0.25) is 4.90 Å². The summed E-state index contributed by atoms with van der Waals surface area (Å²) in [7, 11) is 0. The van der Waals surface area contributed by atoms with E-state index in [0.29, 0.717) is 11.6 Å². The van der Waals surface area contributed by atoms with Crippen molar-refractivity contribution in [3.8, 4) is 0 Å². The van der Waals surface area contributed by atoms with Crippen LogP contribution in [0, 0.1) is 0 Å². The van der Waals surface area contributed by atoms with Crippen molar-refractivity contribution < 1.29 is 0 Å². The molecule has 118 valence electrons. The lowest BCUT2D eigenvalue weighted by Crippen LogP contribution is -2.60. The SMILES string of the molecule is CCSCCCN1CC(c2ccccc2)NCC1(C)CC. The zero-order chi connectivity index (χ0) is 15.1. The Labute approximate surface area is 134 Å². The lowest BCUT2D eigenvalue weighted by atomic mass is 9.90. The molecule has 2 nitrogen and oxygen atoms in total. The number of piperazine rings is 1. The van der Waals surface area contributed by atoms with Crippen LogP contribution in [0.3, 0.4) is 0 Å². The summed E-state index contributed by atoms with van der Waals surface area (Å²) in [6, 6.07) is 11.4. The number of nitrogens with one attached hydrogen (secondary N) is 1. The molecule has 1 fully saturated rings. The zero-order valence-corrected chi connectivity index (χ0v) is 14.6. The largest absolute Gasteiger partial charge is 0.307 e. The van der Waals surface area contributed by atoms with Crippen LogP contribution in [0.5, 0.6) is 0 Å². The van der Waals surface area contributed by atoms with Crippen molar-refractivity contribution >= 4 is 11.8 Å². The maximum Gasteiger partial charge on any atom is 0.0450 e. The van der Waals surface area contributed by atoms with Gasteiger partial charge in [-0.1, -0.05) is 44.2 Å². The van der Waals surface area contributed by atoms with E-state index in [2.05, 4.69) is 73.1 Å². The molecular weight excluding hydrogens is 276 g/mol. The second-order valence-corrected chi connectivity index (χ2v) is 7.59. The number of rotatable bonds is 7. The van der Waals surface area contributed by atoms with Crippen molar-refractivity contribution in [2.45, 2.75) is 45.2 Å². The first-order chi connectivity index (χ1) is 10.2. The summed E-state index contributed by atoms with van der Waals surface area (Å²) >= 11 is 2.06. The minimum absolute atomic E-state index is 0.308. The molecular formula is C18H30N2S. The van der Waals surface area contributed by atoms with Crippen molar-refractivity contribution in [2.75, 3.05) is 31.1 Å². The van der Waals surface area contributed by atoms with Crippen molar-refractivity contribution in [1.82, 2.24) is 10.2 Å². The Morgan fingerprint density at radius 1 is 1.29 bits per heavy atom. The summed E-state index contributed by atoms with van der Waals surface area (Å²) < 4.78 is 0. The van der Waals surface area contributed by atoms with Gasteiger partial charge in [0.25, 0.3) is 0 Å². The maximum atomic E-state index is 3.76. The molecule has 2 atom stereocenters. The molecule has 1 N–H and O–H groups in total. The van der Waals surface area contributed by atoms with Crippen molar-refractivity contribution in [1.29, 1.82) is 0 Å². The number of thioether (sulfide) groups is 1. The van der Waals surface area contributed by atoms with E-state index in [1.54, 1.807) is 0 Å². The Kier molecular flexibility index (Phi) is 6.59. The summed E-state index contributed by atoms with van der Waals surface area (Å²) in [5.41, 5.74) is 1.73. The van der Waals surface area contributed by atoms with E-state index in [9.17, 15) is 0 Å². The second kappa shape index (κ2) is 8.21. The highest BCUT2D eigenvalue weighted by atomic mass is 32.2. The van der Waals surface area contributed by atoms with Crippen LogP contribution in [0.4, 0.5) is 0 Å². The molecule has 1 aromatic carbocycles. The Morgan fingerprint density at radius 3 is 2.71 bits per heavy atom. The fourth-order valence-corrected chi connectivity index (χ4v) is 3.70. The molecule has 21 heavy (non-hydrogen) atoms. The third-order valence-corrected chi connectivity index (χ3v) is 5.77. The molecule has 1 heterocycles. The van der Waals surface area contributed by atoms with Gasteiger partial charge < -0.3 is 5.32 Å². The predicted octanol–water partition coefficient (Wildman–Crippen LogP) is 3.94. The van der Waals surface area contributed by atoms with Crippen LogP contribution >= 0.6 is 11.8 Å². The minimum Gasteiger partial charge on any atom is -0.307 e. The summed E-state index contributed by atoms with van der Waals surface area (Å²) in [4.78, 5) is 2.72. The average Bonchev–Trinajstić information content (AvgIpc) is 2.54. The lowest BCUT2D eigenvalue weighted by Gasteiger charge is -2.48. The highest BCUT2D eigenvalue weighted by Gasteiger charge is 2.36. The third kappa shape index (κ3) is 4.48. The number of hydrogen-bond donors (Lipinski definition) is 1. The molecule has 1 aliphatic heterocycles. The monoisotopic (exact) mass is 306 g/mol. The molecule has 0 spiro atoms. The summed E-state index contributed by atoms with van der Waals surface area (Å²) in [5, 5.41) is 3.76. The Morgan fingerprint density at radius 2 is 2.05 bits per heavy atom. The van der Waals surface area contributed by atoms with Gasteiger partial charge in [0.15, 0.2) is 0 Å². The highest BCUT2D eigenvalue weighted by Crippen LogP contribution is 2.28. The lowest BCUT2D eigenvalue weighted by molar-refractivity contribution is 0.0491. The first kappa shape index (κ1) is 16.9. The van der Waals surface area contributed by atoms with E-state index < -0.39 is 0 Å². The molecule has 0 saturated carbocycles. The van der Waals surface area contributed by atoms with Gasteiger partial charge in [-0.15, -0.1) is 0 Å². The standard InChI is InChI=1S/C18H30N2S/c1-4-18(3)15-19-17(16-10-7-6-8-11-16)14-20(18)12-9-13-21-5-2/h6-8,10-11,17,19H,4-5,9,12-15H2,1-3H3. The molecule has 2 unspecified atom stereocenters. The van der Waals surface area contributed by atoms with Gasteiger partial charge in [-0.05, 0) is 43.4 Å². The van der Waals surface area contributed by atoms with Crippen molar-refractivity contribution in [3.63, 3.8) is 0 Å². The van der Waals surface area contributed by atoms with Crippen LogP contribution < -0.4 is 5.32 Å². The van der Waals surface area contributed by atoms with Crippen LogP contribution in [0.15, 0.2) is 30.3 Å². The molecule has 0 amide bonds. The van der Waals surface area contributed by atoms with Gasteiger partial charge in [0, 0.05) is 24.7 Å². The fraction of sp³-hybridized carbons (Fsp3) is 0.667. The van der Waals surface area contributed by atoms with Gasteiger partial charge >= 0.3 is 0 Å². The predicted molar refractivity (Wildman–Crippen MR) is 95.1 cm³/mol. The van der Waals surface area contributed by atoms with Gasteiger partial charge in [0.1, 0.15) is 0 Å². The molecule has 1 saturated heterocycles. The maximum absolute atomic E-state index is 3.76. The summed E-state index contributed by atoms with van der Waals surface area (Å²) in [6.07, 6.45) is 2.51. The quantitative estimate of drug-likeness (QED) is 0.768.